The number of ether oxygens (including phenoxy) is 6. The molecule has 0 bridgehead atoms. The third-order valence-corrected chi connectivity index (χ3v) is 5.94. The Morgan fingerprint density at radius 2 is 0.947 bits per heavy atom. The summed E-state index contributed by atoms with van der Waals surface area (Å²) in [7, 11) is 0. The Balaban J connectivity index is 1.35. The highest BCUT2D eigenvalue weighted by Gasteiger charge is 2.32. The summed E-state index contributed by atoms with van der Waals surface area (Å²) in [4.78, 5) is 25.3. The van der Waals surface area contributed by atoms with Crippen LogP contribution < -0.4 is 18.9 Å². The predicted molar refractivity (Wildman–Crippen MR) is 143 cm³/mol. The largest absolute Gasteiger partial charge is 0.491 e. The second-order valence-corrected chi connectivity index (χ2v) is 8.76. The molecule has 38 heavy (non-hydrogen) atoms. The Bertz CT molecular complexity index is 924. The number of hydrogen-bond donors (Lipinski definition) is 0. The van der Waals surface area contributed by atoms with E-state index in [9.17, 15) is 9.59 Å². The maximum absolute atomic E-state index is 12.6. The van der Waals surface area contributed by atoms with Crippen LogP contribution in [0, 0.1) is 11.8 Å². The lowest BCUT2D eigenvalue weighted by Gasteiger charge is -2.25. The number of esters is 2. The normalized spacial score (nSPS) is 16.7. The molecular formula is C30H36O8. The second-order valence-electron chi connectivity index (χ2n) is 8.76. The maximum atomic E-state index is 12.6. The summed E-state index contributed by atoms with van der Waals surface area (Å²) in [5.74, 6) is 1.20. The van der Waals surface area contributed by atoms with Crippen molar-refractivity contribution in [1.29, 1.82) is 0 Å². The Hall–Kier alpha value is -3.62. The van der Waals surface area contributed by atoms with E-state index in [2.05, 4.69) is 13.2 Å². The molecule has 1 aliphatic rings. The first-order valence-electron chi connectivity index (χ1n) is 12.9. The quantitative estimate of drug-likeness (QED) is 0.129. The molecule has 0 spiro atoms. The minimum Gasteiger partial charge on any atom is -0.491 e. The summed E-state index contributed by atoms with van der Waals surface area (Å²) in [6.07, 6.45) is 5.67. The summed E-state index contributed by atoms with van der Waals surface area (Å²) >= 11 is 0. The van der Waals surface area contributed by atoms with Crippen LogP contribution in [0.2, 0.25) is 0 Å². The summed E-state index contributed by atoms with van der Waals surface area (Å²) in [5.41, 5.74) is 0. The van der Waals surface area contributed by atoms with Crippen molar-refractivity contribution >= 4 is 11.9 Å². The zero-order valence-corrected chi connectivity index (χ0v) is 21.7. The maximum Gasteiger partial charge on any atom is 0.314 e. The Morgan fingerprint density at radius 1 is 0.605 bits per heavy atom. The van der Waals surface area contributed by atoms with E-state index in [0.717, 1.165) is 0 Å². The van der Waals surface area contributed by atoms with Crippen molar-refractivity contribution in [3.8, 4) is 23.0 Å². The predicted octanol–water partition coefficient (Wildman–Crippen LogP) is 5.17. The fourth-order valence-electron chi connectivity index (χ4n) is 3.94. The lowest BCUT2D eigenvalue weighted by atomic mass is 9.82. The van der Waals surface area contributed by atoms with Crippen LogP contribution in [0.1, 0.15) is 25.7 Å². The SMILES string of the molecule is C=CCOCCOc1ccc(OC(=O)[C@H]2CC[C@H](C(=O)Oc3ccc(OCCOCC=C)cc3)CC2)cc1. The van der Waals surface area contributed by atoms with Gasteiger partial charge in [0.25, 0.3) is 0 Å². The highest BCUT2D eigenvalue weighted by molar-refractivity contribution is 5.77. The molecule has 0 atom stereocenters. The van der Waals surface area contributed by atoms with Crippen molar-refractivity contribution in [1.82, 2.24) is 0 Å². The van der Waals surface area contributed by atoms with Crippen molar-refractivity contribution in [3.05, 3.63) is 73.8 Å². The molecular weight excluding hydrogens is 488 g/mol. The molecule has 0 saturated heterocycles. The van der Waals surface area contributed by atoms with E-state index in [-0.39, 0.29) is 23.8 Å². The average Bonchev–Trinajstić information content (AvgIpc) is 2.94. The van der Waals surface area contributed by atoms with Gasteiger partial charge in [0.2, 0.25) is 0 Å². The topological polar surface area (TPSA) is 89.5 Å². The molecule has 0 aliphatic heterocycles. The molecule has 1 aliphatic carbocycles. The molecule has 2 aromatic carbocycles. The van der Waals surface area contributed by atoms with Crippen molar-refractivity contribution in [2.45, 2.75) is 25.7 Å². The minimum atomic E-state index is -0.284. The van der Waals surface area contributed by atoms with Gasteiger partial charge in [-0.3, -0.25) is 9.59 Å². The highest BCUT2D eigenvalue weighted by atomic mass is 16.5. The van der Waals surface area contributed by atoms with E-state index < -0.39 is 0 Å². The number of carbonyl (C=O) groups excluding carboxylic acids is 2. The van der Waals surface area contributed by atoms with Gasteiger partial charge in [-0.25, -0.2) is 0 Å². The molecule has 0 aromatic heterocycles. The van der Waals surface area contributed by atoms with Gasteiger partial charge in [0.1, 0.15) is 36.2 Å². The Kier molecular flexibility index (Phi) is 12.4. The van der Waals surface area contributed by atoms with Crippen molar-refractivity contribution in [2.24, 2.45) is 11.8 Å². The molecule has 0 unspecified atom stereocenters. The van der Waals surface area contributed by atoms with Crippen LogP contribution in [0.3, 0.4) is 0 Å². The summed E-state index contributed by atoms with van der Waals surface area (Å²) < 4.78 is 32.8. The first-order chi connectivity index (χ1) is 18.6. The lowest BCUT2D eigenvalue weighted by Crippen LogP contribution is -2.30. The van der Waals surface area contributed by atoms with Crippen molar-refractivity contribution in [3.63, 3.8) is 0 Å². The van der Waals surface area contributed by atoms with E-state index >= 15 is 0 Å². The van der Waals surface area contributed by atoms with Crippen LogP contribution in [-0.2, 0) is 19.1 Å². The number of rotatable bonds is 16. The van der Waals surface area contributed by atoms with E-state index in [1.807, 2.05) is 0 Å². The standard InChI is InChI=1S/C30H36O8/c1-3-17-33-19-21-35-25-9-13-27(14-10-25)37-29(31)23-5-7-24(8-6-23)30(32)38-28-15-11-26(12-16-28)36-22-20-34-18-4-2/h3-4,9-16,23-24H,1-2,5-8,17-22H2/t23-,24-. The minimum absolute atomic E-state index is 0.246. The van der Waals surface area contributed by atoms with Gasteiger partial charge in [0.05, 0.1) is 38.3 Å². The van der Waals surface area contributed by atoms with Gasteiger partial charge < -0.3 is 28.4 Å². The number of benzene rings is 2. The first kappa shape index (κ1) is 28.9. The van der Waals surface area contributed by atoms with Gasteiger partial charge in [-0.2, -0.15) is 0 Å². The van der Waals surface area contributed by atoms with Crippen LogP contribution in [0.15, 0.2) is 73.8 Å². The fraction of sp³-hybridized carbons (Fsp3) is 0.400. The van der Waals surface area contributed by atoms with Gasteiger partial charge >= 0.3 is 11.9 Å². The molecule has 1 saturated carbocycles. The fourth-order valence-corrected chi connectivity index (χ4v) is 3.94. The van der Waals surface area contributed by atoms with Gasteiger partial charge in [0, 0.05) is 0 Å². The van der Waals surface area contributed by atoms with E-state index in [0.29, 0.717) is 88.3 Å². The smallest absolute Gasteiger partial charge is 0.314 e. The molecule has 0 amide bonds. The van der Waals surface area contributed by atoms with E-state index in [4.69, 9.17) is 28.4 Å². The molecule has 0 N–H and O–H groups in total. The summed E-state index contributed by atoms with van der Waals surface area (Å²) in [6, 6.07) is 13.8. The van der Waals surface area contributed by atoms with Crippen molar-refractivity contribution in [2.75, 3.05) is 39.6 Å². The van der Waals surface area contributed by atoms with E-state index in [1.165, 1.54) is 0 Å². The monoisotopic (exact) mass is 524 g/mol. The van der Waals surface area contributed by atoms with Gasteiger partial charge in [-0.15, -0.1) is 13.2 Å². The van der Waals surface area contributed by atoms with Crippen LogP contribution in [0.4, 0.5) is 0 Å². The van der Waals surface area contributed by atoms with E-state index in [1.54, 1.807) is 60.7 Å². The highest BCUT2D eigenvalue weighted by Crippen LogP contribution is 2.32. The molecule has 0 radical (unpaired) electrons. The number of carbonyl (C=O) groups is 2. The average molecular weight is 525 g/mol. The molecule has 0 heterocycles. The molecule has 204 valence electrons. The van der Waals surface area contributed by atoms with Gasteiger partial charge in [-0.1, -0.05) is 12.2 Å². The molecule has 1 fully saturated rings. The molecule has 2 aromatic rings. The lowest BCUT2D eigenvalue weighted by molar-refractivity contribution is -0.145. The Labute approximate surface area is 224 Å². The number of hydrogen-bond acceptors (Lipinski definition) is 8. The van der Waals surface area contributed by atoms with Crippen molar-refractivity contribution < 1.29 is 38.0 Å². The molecule has 8 heteroatoms. The summed E-state index contributed by atoms with van der Waals surface area (Å²) in [6.45, 7) is 9.92. The van der Waals surface area contributed by atoms with Gasteiger partial charge in [0.15, 0.2) is 0 Å². The Morgan fingerprint density at radius 3 is 1.29 bits per heavy atom. The zero-order chi connectivity index (χ0) is 27.0. The van der Waals surface area contributed by atoms with Crippen LogP contribution >= 0.6 is 0 Å². The van der Waals surface area contributed by atoms with Gasteiger partial charge in [-0.05, 0) is 74.2 Å². The molecule has 8 nitrogen and oxygen atoms in total. The first-order valence-corrected chi connectivity index (χ1v) is 12.9. The van der Waals surface area contributed by atoms with Crippen LogP contribution in [0.25, 0.3) is 0 Å². The van der Waals surface area contributed by atoms with Crippen LogP contribution in [0.5, 0.6) is 23.0 Å². The second kappa shape index (κ2) is 16.3. The third-order valence-electron chi connectivity index (χ3n) is 5.94. The molecule has 3 rings (SSSR count). The zero-order valence-electron chi connectivity index (χ0n) is 21.7. The summed E-state index contributed by atoms with van der Waals surface area (Å²) in [5, 5.41) is 0. The third kappa shape index (κ3) is 10.0. The van der Waals surface area contributed by atoms with Crippen LogP contribution in [-0.4, -0.2) is 51.6 Å².